The predicted octanol–water partition coefficient (Wildman–Crippen LogP) is 4.52. The summed E-state index contributed by atoms with van der Waals surface area (Å²) in [4.78, 5) is 0. The summed E-state index contributed by atoms with van der Waals surface area (Å²) in [6.07, 6.45) is 6.73. The van der Waals surface area contributed by atoms with Crippen molar-refractivity contribution in [3.63, 3.8) is 0 Å². The molecule has 1 heterocycles. The van der Waals surface area contributed by atoms with Crippen LogP contribution in [0.3, 0.4) is 0 Å². The van der Waals surface area contributed by atoms with E-state index in [1.807, 2.05) is 6.92 Å². The Hall–Kier alpha value is -0.0500. The van der Waals surface area contributed by atoms with Crippen molar-refractivity contribution in [2.45, 2.75) is 64.0 Å². The molecular weight excluding hydrogens is 248 g/mol. The fourth-order valence-electron chi connectivity index (χ4n) is 2.06. The highest BCUT2D eigenvalue weighted by molar-refractivity contribution is 6.22. The highest BCUT2D eigenvalue weighted by atomic mass is 35.5. The lowest BCUT2D eigenvalue weighted by Gasteiger charge is -2.23. The molecule has 3 atom stereocenters. The molecule has 3 unspecified atom stereocenters. The van der Waals surface area contributed by atoms with Gasteiger partial charge in [0.25, 0.3) is 0 Å². The third-order valence-corrected chi connectivity index (χ3v) is 4.09. The van der Waals surface area contributed by atoms with E-state index in [0.29, 0.717) is 5.92 Å². The van der Waals surface area contributed by atoms with Crippen molar-refractivity contribution in [2.75, 3.05) is 13.2 Å². The molecule has 1 aliphatic rings. The van der Waals surface area contributed by atoms with Crippen LogP contribution >= 0.6 is 11.6 Å². The number of ether oxygens (including phenoxy) is 2. The van der Waals surface area contributed by atoms with E-state index in [4.69, 9.17) is 21.1 Å². The van der Waals surface area contributed by atoms with Gasteiger partial charge in [-0.25, -0.2) is 0 Å². The summed E-state index contributed by atoms with van der Waals surface area (Å²) in [6.45, 7) is 9.78. The molecule has 18 heavy (non-hydrogen) atoms. The highest BCUT2D eigenvalue weighted by Gasteiger charge is 2.14. The van der Waals surface area contributed by atoms with Crippen molar-refractivity contribution in [2.24, 2.45) is 5.92 Å². The second-order valence-electron chi connectivity index (χ2n) is 5.45. The minimum atomic E-state index is 0.0437. The Morgan fingerprint density at radius 1 is 1.39 bits per heavy atom. The Bertz CT molecular complexity index is 237. The second kappa shape index (κ2) is 8.95. The molecule has 0 amide bonds. The molecule has 0 spiro atoms. The van der Waals surface area contributed by atoms with Crippen LogP contribution in [0.5, 0.6) is 0 Å². The monoisotopic (exact) mass is 274 g/mol. The fraction of sp³-hybridized carbons (Fsp3) is 0.867. The molecule has 0 aromatic rings. The standard InChI is InChI=1S/C15H27ClO2/c1-12(2)14(16)8-7-13(3)9-11-18-15-6-4-5-10-17-15/h13-15H,1,4-11H2,2-3H3. The molecule has 2 nitrogen and oxygen atoms in total. The van der Waals surface area contributed by atoms with Crippen molar-refractivity contribution in [1.82, 2.24) is 0 Å². The summed E-state index contributed by atoms with van der Waals surface area (Å²) < 4.78 is 11.3. The Morgan fingerprint density at radius 2 is 2.17 bits per heavy atom. The van der Waals surface area contributed by atoms with Crippen LogP contribution in [0, 0.1) is 5.92 Å². The summed E-state index contributed by atoms with van der Waals surface area (Å²) in [6, 6.07) is 0. The van der Waals surface area contributed by atoms with Gasteiger partial charge in [0, 0.05) is 13.2 Å². The van der Waals surface area contributed by atoms with Gasteiger partial charge in [0.15, 0.2) is 6.29 Å². The maximum absolute atomic E-state index is 6.16. The van der Waals surface area contributed by atoms with E-state index in [0.717, 1.165) is 44.5 Å². The van der Waals surface area contributed by atoms with Crippen LogP contribution in [-0.2, 0) is 9.47 Å². The molecular formula is C15H27ClO2. The van der Waals surface area contributed by atoms with Gasteiger partial charge in [0.05, 0.1) is 5.38 Å². The van der Waals surface area contributed by atoms with E-state index in [9.17, 15) is 0 Å². The average Bonchev–Trinajstić information content (AvgIpc) is 2.37. The number of halogens is 1. The summed E-state index contributed by atoms with van der Waals surface area (Å²) >= 11 is 6.16. The lowest BCUT2D eigenvalue weighted by molar-refractivity contribution is -0.164. The van der Waals surface area contributed by atoms with Gasteiger partial charge >= 0.3 is 0 Å². The average molecular weight is 275 g/mol. The van der Waals surface area contributed by atoms with Crippen LogP contribution in [0.15, 0.2) is 12.2 Å². The zero-order chi connectivity index (χ0) is 13.4. The summed E-state index contributed by atoms with van der Waals surface area (Å²) in [5.74, 6) is 0.647. The third-order valence-electron chi connectivity index (χ3n) is 3.50. The highest BCUT2D eigenvalue weighted by Crippen LogP contribution is 2.20. The first kappa shape index (κ1) is 16.0. The summed E-state index contributed by atoms with van der Waals surface area (Å²) in [7, 11) is 0. The van der Waals surface area contributed by atoms with E-state index >= 15 is 0 Å². The predicted molar refractivity (Wildman–Crippen MR) is 77.0 cm³/mol. The van der Waals surface area contributed by atoms with Crippen molar-refractivity contribution >= 4 is 11.6 Å². The smallest absolute Gasteiger partial charge is 0.157 e. The molecule has 0 aromatic carbocycles. The van der Waals surface area contributed by atoms with Crippen molar-refractivity contribution in [1.29, 1.82) is 0 Å². The van der Waals surface area contributed by atoms with Crippen LogP contribution in [0.25, 0.3) is 0 Å². The molecule has 1 fully saturated rings. The molecule has 0 saturated carbocycles. The van der Waals surface area contributed by atoms with Crippen LogP contribution in [0.2, 0.25) is 0 Å². The van der Waals surface area contributed by atoms with Crippen LogP contribution in [-0.4, -0.2) is 24.9 Å². The Morgan fingerprint density at radius 3 is 2.78 bits per heavy atom. The molecule has 1 aliphatic heterocycles. The Kier molecular flexibility index (Phi) is 7.96. The number of allylic oxidation sites excluding steroid dienone is 1. The Labute approximate surface area is 117 Å². The van der Waals surface area contributed by atoms with E-state index < -0.39 is 0 Å². The van der Waals surface area contributed by atoms with Gasteiger partial charge in [-0.15, -0.1) is 11.6 Å². The SMILES string of the molecule is C=C(C)C(Cl)CCC(C)CCOC1CCCCO1. The number of alkyl halides is 1. The molecule has 1 rings (SSSR count). The number of hydrogen-bond acceptors (Lipinski definition) is 2. The first-order chi connectivity index (χ1) is 8.59. The van der Waals surface area contributed by atoms with Gasteiger partial charge < -0.3 is 9.47 Å². The molecule has 0 aliphatic carbocycles. The zero-order valence-electron chi connectivity index (χ0n) is 11.8. The molecule has 106 valence electrons. The van der Waals surface area contributed by atoms with Crippen LogP contribution < -0.4 is 0 Å². The zero-order valence-corrected chi connectivity index (χ0v) is 12.5. The lowest BCUT2D eigenvalue weighted by Crippen LogP contribution is -2.23. The molecule has 0 radical (unpaired) electrons. The van der Waals surface area contributed by atoms with Gasteiger partial charge in [-0.05, 0) is 51.4 Å². The number of hydrogen-bond donors (Lipinski definition) is 0. The first-order valence-corrected chi connectivity index (χ1v) is 7.56. The molecule has 3 heteroatoms. The van der Waals surface area contributed by atoms with E-state index in [1.54, 1.807) is 0 Å². The minimum Gasteiger partial charge on any atom is -0.353 e. The fourth-order valence-corrected chi connectivity index (χ4v) is 2.19. The lowest BCUT2D eigenvalue weighted by atomic mass is 9.99. The third kappa shape index (κ3) is 6.77. The van der Waals surface area contributed by atoms with E-state index in [2.05, 4.69) is 13.5 Å². The maximum atomic E-state index is 6.16. The number of rotatable bonds is 8. The first-order valence-electron chi connectivity index (χ1n) is 7.12. The quantitative estimate of drug-likeness (QED) is 0.479. The van der Waals surface area contributed by atoms with Gasteiger partial charge in [0.2, 0.25) is 0 Å². The maximum Gasteiger partial charge on any atom is 0.157 e. The Balaban J connectivity index is 2.02. The van der Waals surface area contributed by atoms with Gasteiger partial charge in [-0.3, -0.25) is 0 Å². The van der Waals surface area contributed by atoms with Crippen LogP contribution in [0.4, 0.5) is 0 Å². The summed E-state index contributed by atoms with van der Waals surface area (Å²) in [5.41, 5.74) is 1.07. The largest absolute Gasteiger partial charge is 0.353 e. The molecule has 0 bridgehead atoms. The van der Waals surface area contributed by atoms with Crippen LogP contribution in [0.1, 0.15) is 52.4 Å². The molecule has 1 saturated heterocycles. The molecule has 0 N–H and O–H groups in total. The van der Waals surface area contributed by atoms with E-state index in [1.165, 1.54) is 12.8 Å². The summed E-state index contributed by atoms with van der Waals surface area (Å²) in [5, 5.41) is 0.120. The molecule has 0 aromatic heterocycles. The van der Waals surface area contributed by atoms with Crippen molar-refractivity contribution in [3.05, 3.63) is 12.2 Å². The van der Waals surface area contributed by atoms with E-state index in [-0.39, 0.29) is 11.7 Å². The minimum absolute atomic E-state index is 0.0437. The van der Waals surface area contributed by atoms with Gasteiger partial charge in [-0.2, -0.15) is 0 Å². The van der Waals surface area contributed by atoms with Crippen molar-refractivity contribution in [3.8, 4) is 0 Å². The van der Waals surface area contributed by atoms with Gasteiger partial charge in [0.1, 0.15) is 0 Å². The van der Waals surface area contributed by atoms with Gasteiger partial charge in [-0.1, -0.05) is 19.1 Å². The topological polar surface area (TPSA) is 18.5 Å². The normalized spacial score (nSPS) is 23.6. The second-order valence-corrected chi connectivity index (χ2v) is 5.98. The van der Waals surface area contributed by atoms with Crippen molar-refractivity contribution < 1.29 is 9.47 Å².